The molecule has 1 amide bonds. The second-order valence-electron chi connectivity index (χ2n) is 5.52. The van der Waals surface area contributed by atoms with Crippen LogP contribution in [0, 0.1) is 6.92 Å². The summed E-state index contributed by atoms with van der Waals surface area (Å²) in [6, 6.07) is 0.874. The summed E-state index contributed by atoms with van der Waals surface area (Å²) in [5.74, 6) is 0.852. The fourth-order valence-electron chi connectivity index (χ4n) is 2.55. The molecular formula is C13H23N5O. The number of aromatic amines is 1. The molecule has 2 rings (SSSR count). The van der Waals surface area contributed by atoms with Gasteiger partial charge in [0.2, 0.25) is 5.82 Å². The van der Waals surface area contributed by atoms with Crippen molar-refractivity contribution in [3.05, 3.63) is 11.6 Å². The molecule has 0 aliphatic carbocycles. The number of rotatable bonds is 3. The highest BCUT2D eigenvalue weighted by molar-refractivity contribution is 5.90. The van der Waals surface area contributed by atoms with E-state index >= 15 is 0 Å². The molecule has 1 aliphatic heterocycles. The van der Waals surface area contributed by atoms with E-state index in [9.17, 15) is 4.79 Å². The van der Waals surface area contributed by atoms with Gasteiger partial charge in [0.15, 0.2) is 0 Å². The van der Waals surface area contributed by atoms with Gasteiger partial charge in [-0.15, -0.1) is 5.10 Å². The van der Waals surface area contributed by atoms with E-state index in [1.54, 1.807) is 11.8 Å². The van der Waals surface area contributed by atoms with Crippen molar-refractivity contribution in [2.24, 2.45) is 0 Å². The zero-order valence-corrected chi connectivity index (χ0v) is 12.2. The molecule has 6 heteroatoms. The summed E-state index contributed by atoms with van der Waals surface area (Å²) >= 11 is 0. The number of piperidine rings is 1. The van der Waals surface area contributed by atoms with Crippen LogP contribution in [0.1, 0.15) is 43.1 Å². The van der Waals surface area contributed by atoms with Crippen LogP contribution >= 0.6 is 0 Å². The lowest BCUT2D eigenvalue weighted by Crippen LogP contribution is -2.47. The Morgan fingerprint density at radius 2 is 2.05 bits per heavy atom. The first-order valence-corrected chi connectivity index (χ1v) is 6.89. The largest absolute Gasteiger partial charge is 0.336 e. The third-order valence-corrected chi connectivity index (χ3v) is 3.89. The van der Waals surface area contributed by atoms with Gasteiger partial charge in [-0.05, 0) is 33.6 Å². The molecule has 6 nitrogen and oxygen atoms in total. The molecule has 0 spiro atoms. The number of aromatic nitrogens is 3. The number of likely N-dealkylation sites (tertiary alicyclic amines) is 1. The van der Waals surface area contributed by atoms with Gasteiger partial charge in [0.05, 0.1) is 0 Å². The number of nitrogens with one attached hydrogen (secondary N) is 1. The molecule has 106 valence electrons. The zero-order valence-electron chi connectivity index (χ0n) is 12.2. The number of aryl methyl sites for hydroxylation is 1. The van der Waals surface area contributed by atoms with E-state index < -0.39 is 0 Å². The van der Waals surface area contributed by atoms with Gasteiger partial charge in [-0.25, -0.2) is 4.98 Å². The lowest BCUT2D eigenvalue weighted by Gasteiger charge is -2.38. The van der Waals surface area contributed by atoms with E-state index in [1.165, 1.54) is 0 Å². The minimum Gasteiger partial charge on any atom is -0.336 e. The van der Waals surface area contributed by atoms with Gasteiger partial charge >= 0.3 is 0 Å². The maximum atomic E-state index is 12.2. The molecule has 1 fully saturated rings. The first-order chi connectivity index (χ1) is 8.99. The summed E-state index contributed by atoms with van der Waals surface area (Å²) < 4.78 is 0. The maximum absolute atomic E-state index is 12.2. The third kappa shape index (κ3) is 3.12. The van der Waals surface area contributed by atoms with Gasteiger partial charge in [0.1, 0.15) is 5.82 Å². The average molecular weight is 265 g/mol. The van der Waals surface area contributed by atoms with Crippen LogP contribution in [0.3, 0.4) is 0 Å². The van der Waals surface area contributed by atoms with E-state index in [0.29, 0.717) is 17.9 Å². The fraction of sp³-hybridized carbons (Fsp3) is 0.769. The predicted octanol–water partition coefficient (Wildman–Crippen LogP) is 1.06. The first kappa shape index (κ1) is 14.0. The number of H-pyrrole nitrogens is 1. The van der Waals surface area contributed by atoms with Crippen molar-refractivity contribution < 1.29 is 4.79 Å². The van der Waals surface area contributed by atoms with Gasteiger partial charge in [-0.1, -0.05) is 0 Å². The van der Waals surface area contributed by atoms with E-state index in [2.05, 4.69) is 33.9 Å². The first-order valence-electron chi connectivity index (χ1n) is 6.89. The molecule has 1 N–H and O–H groups in total. The van der Waals surface area contributed by atoms with Crippen LogP contribution in [0.5, 0.6) is 0 Å². The lowest BCUT2D eigenvalue weighted by molar-refractivity contribution is 0.0604. The fourth-order valence-corrected chi connectivity index (χ4v) is 2.55. The topological polar surface area (TPSA) is 65.1 Å². The zero-order chi connectivity index (χ0) is 14.0. The molecule has 1 aromatic rings. The molecule has 0 bridgehead atoms. The molecule has 19 heavy (non-hydrogen) atoms. The maximum Gasteiger partial charge on any atom is 0.293 e. The molecule has 0 atom stereocenters. The number of amides is 1. The molecule has 1 aromatic heterocycles. The smallest absolute Gasteiger partial charge is 0.293 e. The van der Waals surface area contributed by atoms with E-state index in [4.69, 9.17) is 0 Å². The van der Waals surface area contributed by atoms with Crippen molar-refractivity contribution >= 4 is 5.91 Å². The van der Waals surface area contributed by atoms with Crippen LogP contribution in [0.2, 0.25) is 0 Å². The van der Waals surface area contributed by atoms with Crippen molar-refractivity contribution in [1.29, 1.82) is 0 Å². The Morgan fingerprint density at radius 3 is 2.53 bits per heavy atom. The highest BCUT2D eigenvalue weighted by atomic mass is 16.2. The van der Waals surface area contributed by atoms with Crippen LogP contribution < -0.4 is 0 Å². The summed E-state index contributed by atoms with van der Waals surface area (Å²) in [6.07, 6.45) is 2.04. The van der Waals surface area contributed by atoms with Crippen molar-refractivity contribution in [2.75, 3.05) is 20.1 Å². The highest BCUT2D eigenvalue weighted by Gasteiger charge is 2.28. The monoisotopic (exact) mass is 265 g/mol. The number of carbonyl (C=O) groups is 1. The van der Waals surface area contributed by atoms with Crippen LogP contribution in [-0.4, -0.2) is 63.1 Å². The number of hydrogen-bond donors (Lipinski definition) is 1. The van der Waals surface area contributed by atoms with Gasteiger partial charge < -0.3 is 9.80 Å². The Labute approximate surface area is 114 Å². The number of hydrogen-bond acceptors (Lipinski definition) is 4. The molecule has 0 radical (unpaired) electrons. The molecule has 1 aliphatic rings. The molecule has 0 aromatic carbocycles. The Bertz CT molecular complexity index is 434. The van der Waals surface area contributed by atoms with Gasteiger partial charge in [-0.3, -0.25) is 9.89 Å². The van der Waals surface area contributed by atoms with Crippen LogP contribution in [0.25, 0.3) is 0 Å². The Kier molecular flexibility index (Phi) is 4.19. The van der Waals surface area contributed by atoms with E-state index in [-0.39, 0.29) is 11.7 Å². The summed E-state index contributed by atoms with van der Waals surface area (Å²) in [5, 5.41) is 6.65. The summed E-state index contributed by atoms with van der Waals surface area (Å²) in [6.45, 7) is 8.32. The number of nitrogens with zero attached hydrogens (tertiary/aromatic N) is 4. The molecule has 1 saturated heterocycles. The molecule has 0 saturated carbocycles. The van der Waals surface area contributed by atoms with Crippen molar-refractivity contribution in [3.8, 4) is 0 Å². The van der Waals surface area contributed by atoms with Gasteiger partial charge in [0.25, 0.3) is 5.91 Å². The molecular weight excluding hydrogens is 242 g/mol. The highest BCUT2D eigenvalue weighted by Crippen LogP contribution is 2.18. The predicted molar refractivity (Wildman–Crippen MR) is 72.9 cm³/mol. The SMILES string of the molecule is Cc1nc(C(=O)N(C)C2CCN(C(C)C)CC2)n[nH]1. The molecule has 0 unspecified atom stereocenters. The van der Waals surface area contributed by atoms with Crippen LogP contribution in [0.15, 0.2) is 0 Å². The van der Waals surface area contributed by atoms with Crippen molar-refractivity contribution in [2.45, 2.75) is 45.7 Å². The Hall–Kier alpha value is -1.43. The summed E-state index contributed by atoms with van der Waals surface area (Å²) in [7, 11) is 1.85. The van der Waals surface area contributed by atoms with Crippen LogP contribution in [0.4, 0.5) is 0 Å². The minimum absolute atomic E-state index is 0.0904. The third-order valence-electron chi connectivity index (χ3n) is 3.89. The second kappa shape index (κ2) is 5.69. The Morgan fingerprint density at radius 1 is 1.42 bits per heavy atom. The summed E-state index contributed by atoms with van der Waals surface area (Å²) in [5.41, 5.74) is 0. The average Bonchev–Trinajstić information content (AvgIpc) is 2.84. The van der Waals surface area contributed by atoms with Crippen LogP contribution in [-0.2, 0) is 0 Å². The van der Waals surface area contributed by atoms with E-state index in [0.717, 1.165) is 25.9 Å². The van der Waals surface area contributed by atoms with Gasteiger partial charge in [-0.2, -0.15) is 0 Å². The quantitative estimate of drug-likeness (QED) is 0.887. The lowest BCUT2D eigenvalue weighted by atomic mass is 10.0. The second-order valence-corrected chi connectivity index (χ2v) is 5.52. The summed E-state index contributed by atoms with van der Waals surface area (Å²) in [4.78, 5) is 20.6. The number of carbonyl (C=O) groups excluding carboxylic acids is 1. The van der Waals surface area contributed by atoms with E-state index in [1.807, 2.05) is 7.05 Å². The Balaban J connectivity index is 1.94. The normalized spacial score (nSPS) is 17.9. The van der Waals surface area contributed by atoms with Gasteiger partial charge in [0, 0.05) is 32.2 Å². The van der Waals surface area contributed by atoms with Crippen molar-refractivity contribution in [1.82, 2.24) is 25.0 Å². The molecule has 2 heterocycles. The van der Waals surface area contributed by atoms with Crippen molar-refractivity contribution in [3.63, 3.8) is 0 Å². The standard InChI is InChI=1S/C13H23N5O/c1-9(2)18-7-5-11(6-8-18)17(4)13(19)12-14-10(3)15-16-12/h9,11H,5-8H2,1-4H3,(H,14,15,16). The minimum atomic E-state index is -0.0904.